The molecule has 4 N–H and O–H groups in total. The molecule has 33 heavy (non-hydrogen) atoms. The fraction of sp³-hybridized carbons (Fsp3) is 0.417. The van der Waals surface area contributed by atoms with Crippen LogP contribution in [-0.2, 0) is 4.84 Å². The van der Waals surface area contributed by atoms with Gasteiger partial charge in [0.2, 0.25) is 11.8 Å². The van der Waals surface area contributed by atoms with E-state index in [-0.39, 0.29) is 5.69 Å². The second-order valence-electron chi connectivity index (χ2n) is 8.40. The smallest absolute Gasteiger partial charge is 0.376 e. The number of ether oxygens (including phenoxy) is 1. The molecule has 1 heterocycles. The number of nitrogens with two attached hydrogens (primary N) is 1. The highest BCUT2D eigenvalue weighted by molar-refractivity contribution is 5.92. The Labute approximate surface area is 193 Å². The van der Waals surface area contributed by atoms with E-state index < -0.39 is 0 Å². The Morgan fingerprint density at radius 2 is 1.88 bits per heavy atom. The summed E-state index contributed by atoms with van der Waals surface area (Å²) in [6.45, 7) is 1.48. The lowest BCUT2D eigenvalue weighted by Crippen LogP contribution is -2.25. The number of rotatable bonds is 9. The van der Waals surface area contributed by atoms with Crippen molar-refractivity contribution in [1.82, 2.24) is 9.97 Å². The molecular formula is C24H31N6O3+. The third-order valence-electron chi connectivity index (χ3n) is 6.29. The Kier molecular flexibility index (Phi) is 7.19. The number of benzene rings is 2. The molecule has 1 saturated carbocycles. The molecular weight excluding hydrogens is 420 g/mol. The normalized spacial score (nSPS) is 18.0. The van der Waals surface area contributed by atoms with Crippen LogP contribution in [0.2, 0.25) is 0 Å². The molecule has 1 aliphatic rings. The van der Waals surface area contributed by atoms with Crippen molar-refractivity contribution >= 4 is 33.9 Å². The zero-order valence-electron chi connectivity index (χ0n) is 19.1. The van der Waals surface area contributed by atoms with Crippen molar-refractivity contribution in [2.45, 2.75) is 25.7 Å². The predicted molar refractivity (Wildman–Crippen MR) is 129 cm³/mol. The van der Waals surface area contributed by atoms with Gasteiger partial charge in [0.25, 0.3) is 4.92 Å². The van der Waals surface area contributed by atoms with Gasteiger partial charge in [-0.25, -0.2) is 9.82 Å². The fourth-order valence-corrected chi connectivity index (χ4v) is 4.36. The molecule has 0 radical (unpaired) electrons. The predicted octanol–water partition coefficient (Wildman–Crippen LogP) is 4.53. The maximum atomic E-state index is 12.2. The minimum atomic E-state index is 0.231. The van der Waals surface area contributed by atoms with E-state index in [0.29, 0.717) is 28.5 Å². The first-order chi connectivity index (χ1) is 16.1. The molecule has 0 aliphatic heterocycles. The van der Waals surface area contributed by atoms with Gasteiger partial charge in [-0.05, 0) is 55.5 Å². The molecule has 0 spiro atoms. The fourth-order valence-electron chi connectivity index (χ4n) is 4.36. The number of anilines is 3. The van der Waals surface area contributed by atoms with E-state index >= 15 is 0 Å². The first-order valence-corrected chi connectivity index (χ1v) is 11.3. The molecule has 0 amide bonds. The molecule has 9 heteroatoms. The quantitative estimate of drug-likeness (QED) is 0.407. The van der Waals surface area contributed by atoms with E-state index in [2.05, 4.69) is 20.6 Å². The molecule has 2 aromatic carbocycles. The highest BCUT2D eigenvalue weighted by Gasteiger charge is 2.26. The average molecular weight is 452 g/mol. The standard InChI is InChI=1S/C24H31N6O3/c1-32-22-12-19(11-18-5-3-4-6-20(18)22)28-24-27-15-21(30(31)33-2)23(29-24)26-14-17-9-7-16(13-25)8-10-17/h3-6,11-12,15-17H,7-10,13-14,25H2,1-2H3,(H2,26,27,28,29)/q+1. The van der Waals surface area contributed by atoms with E-state index in [0.717, 1.165) is 61.0 Å². The zero-order valence-corrected chi connectivity index (χ0v) is 19.1. The van der Waals surface area contributed by atoms with Crippen LogP contribution in [0, 0.1) is 16.7 Å². The van der Waals surface area contributed by atoms with Gasteiger partial charge in [0.15, 0.2) is 7.11 Å². The third kappa shape index (κ3) is 5.31. The Morgan fingerprint density at radius 1 is 1.12 bits per heavy atom. The summed E-state index contributed by atoms with van der Waals surface area (Å²) >= 11 is 0. The lowest BCUT2D eigenvalue weighted by molar-refractivity contribution is -0.736. The number of hydrogen-bond acceptors (Lipinski definition) is 8. The summed E-state index contributed by atoms with van der Waals surface area (Å²) in [7, 11) is 2.96. The second kappa shape index (κ2) is 10.4. The van der Waals surface area contributed by atoms with E-state index in [9.17, 15) is 4.91 Å². The highest BCUT2D eigenvalue weighted by atomic mass is 16.8. The summed E-state index contributed by atoms with van der Waals surface area (Å²) in [6, 6.07) is 11.9. The average Bonchev–Trinajstić information content (AvgIpc) is 2.87. The summed E-state index contributed by atoms with van der Waals surface area (Å²) in [5.41, 5.74) is 6.83. The number of methoxy groups -OCH3 is 1. The maximum absolute atomic E-state index is 12.2. The molecule has 0 unspecified atom stereocenters. The largest absolute Gasteiger partial charge is 0.496 e. The molecule has 174 valence electrons. The Hall–Kier alpha value is -3.46. The van der Waals surface area contributed by atoms with Gasteiger partial charge in [0, 0.05) is 23.7 Å². The van der Waals surface area contributed by atoms with Crippen LogP contribution >= 0.6 is 0 Å². The van der Waals surface area contributed by atoms with Crippen LogP contribution < -0.4 is 21.1 Å². The number of aromatic nitrogens is 2. The van der Waals surface area contributed by atoms with Crippen LogP contribution in [0.1, 0.15) is 25.7 Å². The molecule has 0 atom stereocenters. The van der Waals surface area contributed by atoms with Crippen LogP contribution in [-0.4, -0.2) is 42.2 Å². The molecule has 9 nitrogen and oxygen atoms in total. The van der Waals surface area contributed by atoms with E-state index in [1.807, 2.05) is 36.4 Å². The van der Waals surface area contributed by atoms with Crippen molar-refractivity contribution in [2.24, 2.45) is 17.6 Å². The Morgan fingerprint density at radius 3 is 2.61 bits per heavy atom. The van der Waals surface area contributed by atoms with E-state index in [4.69, 9.17) is 15.3 Å². The second-order valence-corrected chi connectivity index (χ2v) is 8.40. The van der Waals surface area contributed by atoms with Crippen LogP contribution in [0.15, 0.2) is 42.6 Å². The van der Waals surface area contributed by atoms with Gasteiger partial charge in [-0.1, -0.05) is 24.3 Å². The Balaban J connectivity index is 1.54. The first-order valence-electron chi connectivity index (χ1n) is 11.3. The minimum absolute atomic E-state index is 0.231. The molecule has 4 rings (SSSR count). The number of nitrogens with one attached hydrogen (secondary N) is 2. The van der Waals surface area contributed by atoms with E-state index in [1.165, 1.54) is 13.3 Å². The van der Waals surface area contributed by atoms with Gasteiger partial charge in [0.1, 0.15) is 11.9 Å². The van der Waals surface area contributed by atoms with Gasteiger partial charge in [-0.3, -0.25) is 0 Å². The van der Waals surface area contributed by atoms with Crippen LogP contribution in [0.3, 0.4) is 0 Å². The van der Waals surface area contributed by atoms with Crippen molar-refractivity contribution in [1.29, 1.82) is 0 Å². The van der Waals surface area contributed by atoms with Crippen molar-refractivity contribution in [3.8, 4) is 5.75 Å². The summed E-state index contributed by atoms with van der Waals surface area (Å²) in [5, 5.41) is 8.63. The monoisotopic (exact) mass is 451 g/mol. The molecule has 1 aromatic heterocycles. The van der Waals surface area contributed by atoms with Crippen molar-refractivity contribution in [3.05, 3.63) is 47.5 Å². The topological polar surface area (TPSA) is 114 Å². The summed E-state index contributed by atoms with van der Waals surface area (Å²) < 4.78 is 5.55. The van der Waals surface area contributed by atoms with Crippen molar-refractivity contribution in [3.63, 3.8) is 0 Å². The lowest BCUT2D eigenvalue weighted by Gasteiger charge is -2.27. The van der Waals surface area contributed by atoms with Crippen LogP contribution in [0.25, 0.3) is 10.8 Å². The van der Waals surface area contributed by atoms with Gasteiger partial charge < -0.3 is 21.1 Å². The van der Waals surface area contributed by atoms with E-state index in [1.54, 1.807) is 7.11 Å². The van der Waals surface area contributed by atoms with Gasteiger partial charge in [-0.2, -0.15) is 4.98 Å². The van der Waals surface area contributed by atoms with Crippen LogP contribution in [0.4, 0.5) is 23.1 Å². The van der Waals surface area contributed by atoms with Gasteiger partial charge in [0.05, 0.1) is 12.0 Å². The van der Waals surface area contributed by atoms with Crippen molar-refractivity contribution in [2.75, 3.05) is 37.9 Å². The number of hydrogen-bond donors (Lipinski definition) is 3. The van der Waals surface area contributed by atoms with Crippen LogP contribution in [0.5, 0.6) is 5.75 Å². The number of nitrogens with zero attached hydrogens (tertiary/aromatic N) is 3. The molecule has 0 bridgehead atoms. The Bertz CT molecular complexity index is 1110. The SMILES string of the molecule is COc1cc(Nc2ncc([N+](=O)OC)c(NCC3CCC(CN)CC3)n2)cc2ccccc12. The number of fused-ring (bicyclic) bond motifs is 1. The minimum Gasteiger partial charge on any atom is -0.496 e. The summed E-state index contributed by atoms with van der Waals surface area (Å²) in [6.07, 6.45) is 5.96. The maximum Gasteiger partial charge on any atom is 0.376 e. The zero-order chi connectivity index (χ0) is 23.2. The summed E-state index contributed by atoms with van der Waals surface area (Å²) in [5.74, 6) is 2.69. The molecule has 3 aromatic rings. The summed E-state index contributed by atoms with van der Waals surface area (Å²) in [4.78, 5) is 26.3. The third-order valence-corrected chi connectivity index (χ3v) is 6.29. The van der Waals surface area contributed by atoms with Gasteiger partial charge >= 0.3 is 5.69 Å². The van der Waals surface area contributed by atoms with Crippen molar-refractivity contribution < 1.29 is 14.5 Å². The molecule has 1 aliphatic carbocycles. The molecule has 1 fully saturated rings. The first kappa shape index (κ1) is 22.7. The lowest BCUT2D eigenvalue weighted by atomic mass is 9.82. The highest BCUT2D eigenvalue weighted by Crippen LogP contribution is 2.32. The van der Waals surface area contributed by atoms with Gasteiger partial charge in [-0.15, -0.1) is 0 Å². The molecule has 0 saturated heterocycles.